The number of hydrogen-bond donors (Lipinski definition) is 1. The van der Waals surface area contributed by atoms with Crippen LogP contribution in [0.5, 0.6) is 0 Å². The SMILES string of the molecule is CNc1nc(C2CC2)nc(SCCN(C)C)c1C. The molecule has 1 N–H and O–H groups in total. The lowest BCUT2D eigenvalue weighted by Crippen LogP contribution is -2.15. The van der Waals surface area contributed by atoms with E-state index in [1.165, 1.54) is 18.4 Å². The molecule has 0 unspecified atom stereocenters. The average Bonchev–Trinajstić information content (AvgIpc) is 3.15. The van der Waals surface area contributed by atoms with Crippen LogP contribution in [0.4, 0.5) is 5.82 Å². The Bertz CT molecular complexity index is 416. The second-order valence-corrected chi connectivity index (χ2v) is 6.12. The molecule has 18 heavy (non-hydrogen) atoms. The lowest BCUT2D eigenvalue weighted by atomic mass is 10.3. The van der Waals surface area contributed by atoms with Crippen molar-refractivity contribution < 1.29 is 0 Å². The van der Waals surface area contributed by atoms with Gasteiger partial charge in [-0.25, -0.2) is 9.97 Å². The van der Waals surface area contributed by atoms with Gasteiger partial charge in [-0.3, -0.25) is 0 Å². The number of anilines is 1. The fourth-order valence-corrected chi connectivity index (χ4v) is 2.87. The molecule has 100 valence electrons. The van der Waals surface area contributed by atoms with E-state index in [0.717, 1.165) is 29.0 Å². The molecule has 0 radical (unpaired) electrons. The second-order valence-electron chi connectivity index (χ2n) is 5.04. The predicted octanol–water partition coefficient (Wildman–Crippen LogP) is 2.36. The van der Waals surface area contributed by atoms with Crippen LogP contribution in [0.15, 0.2) is 5.03 Å². The van der Waals surface area contributed by atoms with Crippen molar-refractivity contribution in [2.24, 2.45) is 0 Å². The van der Waals surface area contributed by atoms with Crippen molar-refractivity contribution >= 4 is 17.6 Å². The number of nitrogens with one attached hydrogen (secondary N) is 1. The minimum atomic E-state index is 0.603. The number of aromatic nitrogens is 2. The Morgan fingerprint density at radius 2 is 2.06 bits per heavy atom. The Morgan fingerprint density at radius 1 is 1.33 bits per heavy atom. The molecule has 0 aromatic carbocycles. The molecule has 1 aromatic rings. The molecule has 0 amide bonds. The summed E-state index contributed by atoms with van der Waals surface area (Å²) in [6.07, 6.45) is 2.49. The standard InChI is InChI=1S/C13H22N4S/c1-9-11(14-2)15-12(10-5-6-10)16-13(9)18-8-7-17(3)4/h10H,5-8H2,1-4H3,(H,14,15,16). The number of rotatable bonds is 6. The Morgan fingerprint density at radius 3 is 2.61 bits per heavy atom. The van der Waals surface area contributed by atoms with Gasteiger partial charge in [0.25, 0.3) is 0 Å². The second kappa shape index (κ2) is 5.89. The highest BCUT2D eigenvalue weighted by molar-refractivity contribution is 7.99. The lowest BCUT2D eigenvalue weighted by molar-refractivity contribution is 0.437. The third-order valence-electron chi connectivity index (χ3n) is 3.08. The molecule has 0 saturated heterocycles. The summed E-state index contributed by atoms with van der Waals surface area (Å²) in [5.41, 5.74) is 1.17. The molecule has 1 aliphatic carbocycles. The van der Waals surface area contributed by atoms with Crippen molar-refractivity contribution in [3.63, 3.8) is 0 Å². The smallest absolute Gasteiger partial charge is 0.135 e. The molecule has 1 aliphatic rings. The summed E-state index contributed by atoms with van der Waals surface area (Å²) in [6.45, 7) is 3.17. The molecule has 5 heteroatoms. The van der Waals surface area contributed by atoms with Gasteiger partial charge in [-0.2, -0.15) is 0 Å². The molecule has 1 aromatic heterocycles. The summed E-state index contributed by atoms with van der Waals surface area (Å²) >= 11 is 1.83. The van der Waals surface area contributed by atoms with E-state index in [2.05, 4.69) is 36.2 Å². The molecule has 1 saturated carbocycles. The van der Waals surface area contributed by atoms with Crippen molar-refractivity contribution in [3.8, 4) is 0 Å². The monoisotopic (exact) mass is 266 g/mol. The van der Waals surface area contributed by atoms with Gasteiger partial charge in [0.05, 0.1) is 0 Å². The van der Waals surface area contributed by atoms with E-state index >= 15 is 0 Å². The van der Waals surface area contributed by atoms with Crippen molar-refractivity contribution in [2.75, 3.05) is 38.8 Å². The van der Waals surface area contributed by atoms with E-state index < -0.39 is 0 Å². The van der Waals surface area contributed by atoms with E-state index in [1.54, 1.807) is 0 Å². The molecule has 4 nitrogen and oxygen atoms in total. The number of nitrogens with zero attached hydrogens (tertiary/aromatic N) is 3. The maximum Gasteiger partial charge on any atom is 0.135 e. The molecule has 0 atom stereocenters. The van der Waals surface area contributed by atoms with Crippen molar-refractivity contribution in [2.45, 2.75) is 30.7 Å². The van der Waals surface area contributed by atoms with Crippen molar-refractivity contribution in [3.05, 3.63) is 11.4 Å². The van der Waals surface area contributed by atoms with Crippen LogP contribution in [0.25, 0.3) is 0 Å². The normalized spacial score (nSPS) is 15.2. The van der Waals surface area contributed by atoms with Gasteiger partial charge in [-0.15, -0.1) is 11.8 Å². The van der Waals surface area contributed by atoms with E-state index in [4.69, 9.17) is 4.98 Å². The maximum atomic E-state index is 4.73. The zero-order valence-corrected chi connectivity index (χ0v) is 12.5. The maximum absolute atomic E-state index is 4.73. The molecule has 1 heterocycles. The molecule has 0 aliphatic heterocycles. The van der Waals surface area contributed by atoms with Gasteiger partial charge in [0, 0.05) is 30.8 Å². The quantitative estimate of drug-likeness (QED) is 0.632. The Labute approximate surface area is 114 Å². The highest BCUT2D eigenvalue weighted by Crippen LogP contribution is 2.39. The third-order valence-corrected chi connectivity index (χ3v) is 4.13. The first kappa shape index (κ1) is 13.6. The fraction of sp³-hybridized carbons (Fsp3) is 0.692. The Kier molecular flexibility index (Phi) is 4.45. The first-order valence-electron chi connectivity index (χ1n) is 6.45. The van der Waals surface area contributed by atoms with Crippen LogP contribution < -0.4 is 5.32 Å². The van der Waals surface area contributed by atoms with E-state index in [0.29, 0.717) is 5.92 Å². The van der Waals surface area contributed by atoms with E-state index in [9.17, 15) is 0 Å². The van der Waals surface area contributed by atoms with Crippen LogP contribution in [0.1, 0.15) is 30.1 Å². The lowest BCUT2D eigenvalue weighted by Gasteiger charge is -2.13. The highest BCUT2D eigenvalue weighted by atomic mass is 32.2. The molecule has 0 spiro atoms. The molecule has 0 bridgehead atoms. The van der Waals surface area contributed by atoms with Gasteiger partial charge in [-0.05, 0) is 33.9 Å². The van der Waals surface area contributed by atoms with E-state index in [-0.39, 0.29) is 0 Å². The Hall–Kier alpha value is -0.810. The first-order chi connectivity index (χ1) is 8.61. The summed E-state index contributed by atoms with van der Waals surface area (Å²) in [4.78, 5) is 11.5. The predicted molar refractivity (Wildman–Crippen MR) is 77.6 cm³/mol. The molecule has 1 fully saturated rings. The Balaban J connectivity index is 2.13. The van der Waals surface area contributed by atoms with Crippen LogP contribution in [0.2, 0.25) is 0 Å². The van der Waals surface area contributed by atoms with Gasteiger partial charge in [-0.1, -0.05) is 0 Å². The van der Waals surface area contributed by atoms with Crippen LogP contribution >= 0.6 is 11.8 Å². The summed E-state index contributed by atoms with van der Waals surface area (Å²) in [5.74, 6) is 3.68. The summed E-state index contributed by atoms with van der Waals surface area (Å²) < 4.78 is 0. The van der Waals surface area contributed by atoms with Gasteiger partial charge < -0.3 is 10.2 Å². The van der Waals surface area contributed by atoms with E-state index in [1.807, 2.05) is 18.8 Å². The average molecular weight is 266 g/mol. The number of hydrogen-bond acceptors (Lipinski definition) is 5. The van der Waals surface area contributed by atoms with Crippen molar-refractivity contribution in [1.29, 1.82) is 0 Å². The minimum absolute atomic E-state index is 0.603. The minimum Gasteiger partial charge on any atom is -0.373 e. The molecule has 2 rings (SSSR count). The molecular formula is C13H22N4S. The summed E-state index contributed by atoms with van der Waals surface area (Å²) in [7, 11) is 6.13. The summed E-state index contributed by atoms with van der Waals surface area (Å²) in [6, 6.07) is 0. The highest BCUT2D eigenvalue weighted by Gasteiger charge is 2.28. The summed E-state index contributed by atoms with van der Waals surface area (Å²) in [5, 5.41) is 4.32. The largest absolute Gasteiger partial charge is 0.373 e. The van der Waals surface area contributed by atoms with Gasteiger partial charge >= 0.3 is 0 Å². The van der Waals surface area contributed by atoms with Crippen molar-refractivity contribution in [1.82, 2.24) is 14.9 Å². The molecular weight excluding hydrogens is 244 g/mol. The first-order valence-corrected chi connectivity index (χ1v) is 7.44. The zero-order valence-electron chi connectivity index (χ0n) is 11.7. The van der Waals surface area contributed by atoms with Crippen LogP contribution in [0.3, 0.4) is 0 Å². The topological polar surface area (TPSA) is 41.1 Å². The third kappa shape index (κ3) is 3.36. The van der Waals surface area contributed by atoms with Gasteiger partial charge in [0.15, 0.2) is 0 Å². The van der Waals surface area contributed by atoms with Gasteiger partial charge in [0.2, 0.25) is 0 Å². The van der Waals surface area contributed by atoms with Crippen LogP contribution in [-0.2, 0) is 0 Å². The van der Waals surface area contributed by atoms with Crippen LogP contribution in [0, 0.1) is 6.92 Å². The van der Waals surface area contributed by atoms with Gasteiger partial charge in [0.1, 0.15) is 16.7 Å². The number of thioether (sulfide) groups is 1. The zero-order chi connectivity index (χ0) is 13.1. The van der Waals surface area contributed by atoms with Crippen LogP contribution in [-0.4, -0.2) is 48.3 Å². The fourth-order valence-electron chi connectivity index (χ4n) is 1.75.